The molecule has 0 amide bonds. The molecule has 8 heteroatoms. The van der Waals surface area contributed by atoms with E-state index in [2.05, 4.69) is 21.0 Å². The second-order valence-corrected chi connectivity index (χ2v) is 4.65. The Balaban J connectivity index is 2.26. The van der Waals surface area contributed by atoms with Gasteiger partial charge in [-0.25, -0.2) is 4.68 Å². The molecule has 0 aliphatic rings. The van der Waals surface area contributed by atoms with Gasteiger partial charge in [-0.05, 0) is 33.6 Å². The zero-order chi connectivity index (χ0) is 14.0. The first kappa shape index (κ1) is 13.3. The Morgan fingerprint density at radius 2 is 2.32 bits per heavy atom. The van der Waals surface area contributed by atoms with E-state index in [1.165, 1.54) is 4.68 Å². The molecule has 0 saturated carbocycles. The predicted molar refractivity (Wildman–Crippen MR) is 73.1 cm³/mol. The monoisotopic (exact) mass is 326 g/mol. The molecular formula is C11H11BrN4O3. The lowest BCUT2D eigenvalue weighted by atomic mass is 10.2. The average Bonchev–Trinajstić information content (AvgIpc) is 2.71. The largest absolute Gasteiger partial charge is 0.496 e. The van der Waals surface area contributed by atoms with Gasteiger partial charge < -0.3 is 10.5 Å². The van der Waals surface area contributed by atoms with Gasteiger partial charge in [-0.15, -0.1) is 0 Å². The summed E-state index contributed by atoms with van der Waals surface area (Å²) in [5.41, 5.74) is 6.38. The molecule has 19 heavy (non-hydrogen) atoms. The van der Waals surface area contributed by atoms with Gasteiger partial charge in [0.2, 0.25) is 5.82 Å². The molecule has 0 unspecified atom stereocenters. The van der Waals surface area contributed by atoms with Crippen LogP contribution in [-0.4, -0.2) is 21.8 Å². The van der Waals surface area contributed by atoms with Crippen molar-refractivity contribution in [3.63, 3.8) is 0 Å². The second kappa shape index (κ2) is 5.27. The molecule has 0 radical (unpaired) electrons. The highest BCUT2D eigenvalue weighted by atomic mass is 79.9. The Hall–Kier alpha value is -2.09. The fourth-order valence-corrected chi connectivity index (χ4v) is 2.22. The van der Waals surface area contributed by atoms with Crippen LogP contribution >= 0.6 is 15.9 Å². The Bertz CT molecular complexity index is 626. The van der Waals surface area contributed by atoms with E-state index in [1.54, 1.807) is 13.2 Å². The summed E-state index contributed by atoms with van der Waals surface area (Å²) in [6.07, 6.45) is 1.15. The molecule has 0 atom stereocenters. The molecule has 100 valence electrons. The number of methoxy groups -OCH3 is 1. The molecule has 2 N–H and O–H groups in total. The SMILES string of the molecule is COc1ccc(Cn2ncc([N+](=O)[O-])c2N)cc1Br. The quantitative estimate of drug-likeness (QED) is 0.686. The number of nitrogens with zero attached hydrogens (tertiary/aromatic N) is 3. The molecular weight excluding hydrogens is 316 g/mol. The third kappa shape index (κ3) is 2.68. The minimum Gasteiger partial charge on any atom is -0.496 e. The Morgan fingerprint density at radius 1 is 1.58 bits per heavy atom. The average molecular weight is 327 g/mol. The minimum absolute atomic E-state index is 0.0388. The van der Waals surface area contributed by atoms with E-state index < -0.39 is 4.92 Å². The number of hydrogen-bond donors (Lipinski definition) is 1. The van der Waals surface area contributed by atoms with E-state index in [4.69, 9.17) is 10.5 Å². The highest BCUT2D eigenvalue weighted by Gasteiger charge is 2.17. The standard InChI is InChI=1S/C11H11BrN4O3/c1-19-10-3-2-7(4-8(10)12)6-15-11(13)9(5-14-15)16(17)18/h2-5H,6,13H2,1H3. The normalized spacial score (nSPS) is 10.4. The van der Waals surface area contributed by atoms with Crippen LogP contribution in [0.1, 0.15) is 5.56 Å². The minimum atomic E-state index is -0.553. The first-order valence-electron chi connectivity index (χ1n) is 5.31. The van der Waals surface area contributed by atoms with Crippen LogP contribution in [0.15, 0.2) is 28.9 Å². The van der Waals surface area contributed by atoms with E-state index in [-0.39, 0.29) is 11.5 Å². The molecule has 1 aromatic carbocycles. The van der Waals surface area contributed by atoms with Crippen molar-refractivity contribution in [3.05, 3.63) is 44.5 Å². The predicted octanol–water partition coefficient (Wildman–Crippen LogP) is 2.19. The summed E-state index contributed by atoms with van der Waals surface area (Å²) in [7, 11) is 1.58. The molecule has 1 aromatic heterocycles. The summed E-state index contributed by atoms with van der Waals surface area (Å²) in [4.78, 5) is 10.1. The highest BCUT2D eigenvalue weighted by molar-refractivity contribution is 9.10. The van der Waals surface area contributed by atoms with Crippen LogP contribution in [0.3, 0.4) is 0 Å². The van der Waals surface area contributed by atoms with Gasteiger partial charge in [0.25, 0.3) is 0 Å². The van der Waals surface area contributed by atoms with Crippen molar-refractivity contribution in [1.82, 2.24) is 9.78 Å². The Kier molecular flexibility index (Phi) is 3.70. The summed E-state index contributed by atoms with van der Waals surface area (Å²) in [6.45, 7) is 0.349. The van der Waals surface area contributed by atoms with Gasteiger partial charge in [-0.2, -0.15) is 5.10 Å². The third-order valence-corrected chi connectivity index (χ3v) is 3.22. The molecule has 0 fully saturated rings. The van der Waals surface area contributed by atoms with Gasteiger partial charge in [0.1, 0.15) is 11.9 Å². The first-order chi connectivity index (χ1) is 9.02. The lowest BCUT2D eigenvalue weighted by Crippen LogP contribution is -2.06. The lowest BCUT2D eigenvalue weighted by Gasteiger charge is -2.07. The molecule has 0 spiro atoms. The van der Waals surface area contributed by atoms with E-state index >= 15 is 0 Å². The highest BCUT2D eigenvalue weighted by Crippen LogP contribution is 2.27. The summed E-state index contributed by atoms with van der Waals surface area (Å²) in [5.74, 6) is 0.750. The first-order valence-corrected chi connectivity index (χ1v) is 6.10. The summed E-state index contributed by atoms with van der Waals surface area (Å²) >= 11 is 3.37. The summed E-state index contributed by atoms with van der Waals surface area (Å²) < 4.78 is 7.31. The number of nitrogen functional groups attached to an aromatic ring is 1. The molecule has 0 aliphatic carbocycles. The summed E-state index contributed by atoms with van der Waals surface area (Å²) in [6, 6.07) is 5.50. The Morgan fingerprint density at radius 3 is 2.84 bits per heavy atom. The van der Waals surface area contributed by atoms with Gasteiger partial charge in [0.05, 0.1) is 23.1 Å². The topological polar surface area (TPSA) is 96.2 Å². The molecule has 0 bridgehead atoms. The van der Waals surface area contributed by atoms with E-state index in [0.29, 0.717) is 12.3 Å². The van der Waals surface area contributed by atoms with Crippen LogP contribution in [0.25, 0.3) is 0 Å². The van der Waals surface area contributed by atoms with Gasteiger partial charge in [-0.1, -0.05) is 6.07 Å². The molecule has 2 aromatic rings. The zero-order valence-electron chi connectivity index (χ0n) is 10.0. The van der Waals surface area contributed by atoms with Crippen molar-refractivity contribution in [2.24, 2.45) is 0 Å². The van der Waals surface area contributed by atoms with Gasteiger partial charge in [0.15, 0.2) is 0 Å². The van der Waals surface area contributed by atoms with E-state index in [9.17, 15) is 10.1 Å². The number of aromatic nitrogens is 2. The number of hydrogen-bond acceptors (Lipinski definition) is 5. The lowest BCUT2D eigenvalue weighted by molar-refractivity contribution is -0.384. The summed E-state index contributed by atoms with van der Waals surface area (Å²) in [5, 5.41) is 14.6. The third-order valence-electron chi connectivity index (χ3n) is 2.61. The van der Waals surface area contributed by atoms with Crippen LogP contribution in [-0.2, 0) is 6.54 Å². The van der Waals surface area contributed by atoms with Crippen LogP contribution in [0.4, 0.5) is 11.5 Å². The number of anilines is 1. The van der Waals surface area contributed by atoms with Crippen molar-refractivity contribution < 1.29 is 9.66 Å². The van der Waals surface area contributed by atoms with Crippen LogP contribution in [0.2, 0.25) is 0 Å². The number of rotatable bonds is 4. The zero-order valence-corrected chi connectivity index (χ0v) is 11.6. The van der Waals surface area contributed by atoms with E-state index in [1.807, 2.05) is 12.1 Å². The van der Waals surface area contributed by atoms with Gasteiger partial charge in [-0.3, -0.25) is 10.1 Å². The molecule has 0 aliphatic heterocycles. The maximum atomic E-state index is 10.7. The van der Waals surface area contributed by atoms with Crippen molar-refractivity contribution in [2.75, 3.05) is 12.8 Å². The van der Waals surface area contributed by atoms with Gasteiger partial charge in [0, 0.05) is 0 Å². The van der Waals surface area contributed by atoms with Gasteiger partial charge >= 0.3 is 5.69 Å². The van der Waals surface area contributed by atoms with Crippen LogP contribution < -0.4 is 10.5 Å². The number of halogens is 1. The smallest absolute Gasteiger partial charge is 0.330 e. The second-order valence-electron chi connectivity index (χ2n) is 3.80. The van der Waals surface area contributed by atoms with Crippen LogP contribution in [0.5, 0.6) is 5.75 Å². The number of benzene rings is 1. The number of nitrogens with two attached hydrogens (primary N) is 1. The number of ether oxygens (including phenoxy) is 1. The molecule has 2 rings (SSSR count). The Labute approximate surface area is 117 Å². The van der Waals surface area contributed by atoms with E-state index in [0.717, 1.165) is 16.2 Å². The van der Waals surface area contributed by atoms with Crippen LogP contribution in [0, 0.1) is 10.1 Å². The number of nitro groups is 1. The molecule has 1 heterocycles. The maximum Gasteiger partial charge on any atom is 0.330 e. The fraction of sp³-hybridized carbons (Fsp3) is 0.182. The van der Waals surface area contributed by atoms with Crippen molar-refractivity contribution in [1.29, 1.82) is 0 Å². The molecule has 7 nitrogen and oxygen atoms in total. The van der Waals surface area contributed by atoms with Crippen molar-refractivity contribution in [3.8, 4) is 5.75 Å². The fourth-order valence-electron chi connectivity index (χ4n) is 1.63. The van der Waals surface area contributed by atoms with Crippen molar-refractivity contribution in [2.45, 2.75) is 6.54 Å². The molecule has 0 saturated heterocycles. The maximum absolute atomic E-state index is 10.7. The van der Waals surface area contributed by atoms with Crippen molar-refractivity contribution >= 4 is 27.4 Å².